The summed E-state index contributed by atoms with van der Waals surface area (Å²) in [6.45, 7) is 1.93. The maximum atomic E-state index is 12.2. The molecule has 0 atom stereocenters. The molecule has 0 saturated carbocycles. The first-order valence-electron chi connectivity index (χ1n) is 6.55. The van der Waals surface area contributed by atoms with Crippen LogP contribution in [0.25, 0.3) is 10.9 Å². The van der Waals surface area contributed by atoms with Gasteiger partial charge in [-0.2, -0.15) is 0 Å². The Morgan fingerprint density at radius 2 is 1.95 bits per heavy atom. The molecule has 0 bridgehead atoms. The number of para-hydroxylation sites is 1. The maximum absolute atomic E-state index is 12.2. The lowest BCUT2D eigenvalue weighted by atomic mass is 10.1. The molecular weight excluding hydrogens is 300 g/mol. The standard InChI is InChI=1S/C16H12N2O3S/c1-9-5-8-13(22-9)15(19)18-11-4-2-3-10-6-7-12(16(20)21)17-14(10)11/h2-8H,1H3,(H,18,19)(H,20,21). The minimum absolute atomic E-state index is 0.0545. The van der Waals surface area contributed by atoms with Gasteiger partial charge in [-0.25, -0.2) is 9.78 Å². The lowest BCUT2D eigenvalue weighted by Gasteiger charge is -2.07. The molecule has 0 spiro atoms. The molecule has 3 rings (SSSR count). The van der Waals surface area contributed by atoms with Crippen LogP contribution in [0.4, 0.5) is 5.69 Å². The highest BCUT2D eigenvalue weighted by Gasteiger charge is 2.12. The molecule has 5 nitrogen and oxygen atoms in total. The lowest BCUT2D eigenvalue weighted by molar-refractivity contribution is 0.0691. The molecule has 0 aliphatic heterocycles. The van der Waals surface area contributed by atoms with E-state index < -0.39 is 5.97 Å². The second-order valence-corrected chi connectivity index (χ2v) is 6.03. The van der Waals surface area contributed by atoms with Gasteiger partial charge >= 0.3 is 5.97 Å². The first-order chi connectivity index (χ1) is 10.5. The highest BCUT2D eigenvalue weighted by molar-refractivity contribution is 7.14. The summed E-state index contributed by atoms with van der Waals surface area (Å²) < 4.78 is 0. The van der Waals surface area contributed by atoms with Gasteiger partial charge < -0.3 is 10.4 Å². The van der Waals surface area contributed by atoms with Gasteiger partial charge in [0.1, 0.15) is 5.69 Å². The average Bonchev–Trinajstić information content (AvgIpc) is 2.94. The van der Waals surface area contributed by atoms with E-state index in [9.17, 15) is 9.59 Å². The number of nitrogens with one attached hydrogen (secondary N) is 1. The molecule has 0 radical (unpaired) electrons. The zero-order valence-corrected chi connectivity index (χ0v) is 12.5. The zero-order chi connectivity index (χ0) is 15.7. The number of benzene rings is 1. The van der Waals surface area contributed by atoms with E-state index in [1.54, 1.807) is 24.3 Å². The van der Waals surface area contributed by atoms with Crippen LogP contribution in [-0.4, -0.2) is 22.0 Å². The summed E-state index contributed by atoms with van der Waals surface area (Å²) in [6.07, 6.45) is 0. The normalized spacial score (nSPS) is 10.6. The summed E-state index contributed by atoms with van der Waals surface area (Å²) in [7, 11) is 0. The number of carboxylic acid groups (broad SMARTS) is 1. The Morgan fingerprint density at radius 3 is 2.64 bits per heavy atom. The fourth-order valence-electron chi connectivity index (χ4n) is 2.11. The van der Waals surface area contributed by atoms with E-state index in [0.717, 1.165) is 10.3 Å². The first kappa shape index (κ1) is 14.2. The molecule has 2 aromatic heterocycles. The molecule has 0 aliphatic rings. The Kier molecular flexibility index (Phi) is 3.60. The Balaban J connectivity index is 2.01. The second-order valence-electron chi connectivity index (χ2n) is 4.74. The van der Waals surface area contributed by atoms with Crippen LogP contribution in [-0.2, 0) is 0 Å². The number of aromatic nitrogens is 1. The van der Waals surface area contributed by atoms with Crippen LogP contribution < -0.4 is 5.32 Å². The molecule has 6 heteroatoms. The van der Waals surface area contributed by atoms with Gasteiger partial charge in [-0.1, -0.05) is 18.2 Å². The number of hydrogen-bond acceptors (Lipinski definition) is 4. The van der Waals surface area contributed by atoms with E-state index in [1.807, 2.05) is 19.1 Å². The number of carbonyl (C=O) groups is 2. The summed E-state index contributed by atoms with van der Waals surface area (Å²) in [6, 6.07) is 12.1. The molecule has 3 aromatic rings. The Hall–Kier alpha value is -2.73. The number of rotatable bonds is 3. The minimum atomic E-state index is -1.10. The van der Waals surface area contributed by atoms with Crippen LogP contribution >= 0.6 is 11.3 Å². The van der Waals surface area contributed by atoms with Crippen molar-refractivity contribution in [2.24, 2.45) is 0 Å². The lowest BCUT2D eigenvalue weighted by Crippen LogP contribution is -2.11. The predicted molar refractivity (Wildman–Crippen MR) is 85.7 cm³/mol. The number of hydrogen-bond donors (Lipinski definition) is 2. The van der Waals surface area contributed by atoms with Crippen molar-refractivity contribution in [1.29, 1.82) is 0 Å². The number of anilines is 1. The molecule has 0 fully saturated rings. The first-order valence-corrected chi connectivity index (χ1v) is 7.37. The molecule has 1 amide bonds. The predicted octanol–water partition coefficient (Wildman–Crippen LogP) is 3.56. The summed E-state index contributed by atoms with van der Waals surface area (Å²) in [5, 5.41) is 12.6. The van der Waals surface area contributed by atoms with E-state index in [2.05, 4.69) is 10.3 Å². The topological polar surface area (TPSA) is 79.3 Å². The van der Waals surface area contributed by atoms with Gasteiger partial charge in [0.05, 0.1) is 16.1 Å². The van der Waals surface area contributed by atoms with Crippen molar-refractivity contribution in [2.75, 3.05) is 5.32 Å². The Labute approximate surface area is 130 Å². The highest BCUT2D eigenvalue weighted by Crippen LogP contribution is 2.24. The second kappa shape index (κ2) is 5.57. The number of aromatic carboxylic acids is 1. The van der Waals surface area contributed by atoms with Crippen LogP contribution in [0.2, 0.25) is 0 Å². The number of carboxylic acids is 1. The minimum Gasteiger partial charge on any atom is -0.477 e. The SMILES string of the molecule is Cc1ccc(C(=O)Nc2cccc3ccc(C(=O)O)nc23)s1. The zero-order valence-electron chi connectivity index (χ0n) is 11.7. The maximum Gasteiger partial charge on any atom is 0.354 e. The van der Waals surface area contributed by atoms with Crippen LogP contribution in [0.1, 0.15) is 25.0 Å². The fraction of sp³-hybridized carbons (Fsp3) is 0.0625. The van der Waals surface area contributed by atoms with Crippen molar-refractivity contribution in [2.45, 2.75) is 6.92 Å². The van der Waals surface area contributed by atoms with Crippen LogP contribution in [0.15, 0.2) is 42.5 Å². The summed E-state index contributed by atoms with van der Waals surface area (Å²) >= 11 is 1.40. The molecule has 0 unspecified atom stereocenters. The van der Waals surface area contributed by atoms with E-state index in [-0.39, 0.29) is 11.6 Å². The number of nitrogens with zero attached hydrogens (tertiary/aromatic N) is 1. The van der Waals surface area contributed by atoms with Crippen molar-refractivity contribution >= 4 is 39.8 Å². The van der Waals surface area contributed by atoms with Crippen molar-refractivity contribution in [3.8, 4) is 0 Å². The summed E-state index contributed by atoms with van der Waals surface area (Å²) in [5.41, 5.74) is 0.904. The number of amides is 1. The molecular formula is C16H12N2O3S. The quantitative estimate of drug-likeness (QED) is 0.775. The van der Waals surface area contributed by atoms with Crippen molar-refractivity contribution < 1.29 is 14.7 Å². The van der Waals surface area contributed by atoms with Gasteiger partial charge in [-0.3, -0.25) is 4.79 Å². The van der Waals surface area contributed by atoms with E-state index >= 15 is 0 Å². The monoisotopic (exact) mass is 312 g/mol. The Morgan fingerprint density at radius 1 is 1.14 bits per heavy atom. The Bertz CT molecular complexity index is 886. The molecule has 0 aliphatic carbocycles. The van der Waals surface area contributed by atoms with Gasteiger partial charge in [0, 0.05) is 10.3 Å². The number of aryl methyl sites for hydroxylation is 1. The summed E-state index contributed by atoms with van der Waals surface area (Å²) in [5.74, 6) is -1.33. The third-order valence-corrected chi connectivity index (χ3v) is 4.15. The van der Waals surface area contributed by atoms with E-state index in [1.165, 1.54) is 17.4 Å². The largest absolute Gasteiger partial charge is 0.477 e. The fourth-order valence-corrected chi connectivity index (χ4v) is 2.87. The van der Waals surface area contributed by atoms with E-state index in [0.29, 0.717) is 16.1 Å². The molecule has 1 aromatic carbocycles. The summed E-state index contributed by atoms with van der Waals surface area (Å²) in [4.78, 5) is 29.1. The van der Waals surface area contributed by atoms with Gasteiger partial charge in [-0.05, 0) is 31.2 Å². The van der Waals surface area contributed by atoms with Gasteiger partial charge in [0.25, 0.3) is 5.91 Å². The van der Waals surface area contributed by atoms with Crippen LogP contribution in [0.3, 0.4) is 0 Å². The number of thiophene rings is 1. The van der Waals surface area contributed by atoms with Gasteiger partial charge in [0.15, 0.2) is 0 Å². The number of fused-ring (bicyclic) bond motifs is 1. The third kappa shape index (κ3) is 2.68. The van der Waals surface area contributed by atoms with E-state index in [4.69, 9.17) is 5.11 Å². The average molecular weight is 312 g/mol. The number of pyridine rings is 1. The molecule has 2 heterocycles. The van der Waals surface area contributed by atoms with Crippen LogP contribution in [0, 0.1) is 6.92 Å². The molecule has 110 valence electrons. The molecule has 0 saturated heterocycles. The smallest absolute Gasteiger partial charge is 0.354 e. The van der Waals surface area contributed by atoms with Crippen LogP contribution in [0.5, 0.6) is 0 Å². The number of carbonyl (C=O) groups excluding carboxylic acids is 1. The highest BCUT2D eigenvalue weighted by atomic mass is 32.1. The van der Waals surface area contributed by atoms with Crippen molar-refractivity contribution in [1.82, 2.24) is 4.98 Å². The molecule has 2 N–H and O–H groups in total. The van der Waals surface area contributed by atoms with Gasteiger partial charge in [0.2, 0.25) is 0 Å². The molecule has 22 heavy (non-hydrogen) atoms. The van der Waals surface area contributed by atoms with Crippen molar-refractivity contribution in [3.63, 3.8) is 0 Å². The van der Waals surface area contributed by atoms with Gasteiger partial charge in [-0.15, -0.1) is 11.3 Å². The third-order valence-electron chi connectivity index (χ3n) is 3.15. The van der Waals surface area contributed by atoms with Crippen molar-refractivity contribution in [3.05, 3.63) is 57.9 Å².